The molecule has 3 rings (SSSR count). The molecule has 0 radical (unpaired) electrons. The highest BCUT2D eigenvalue weighted by Gasteiger charge is 2.32. The van der Waals surface area contributed by atoms with Gasteiger partial charge < -0.3 is 14.2 Å². The fourth-order valence-electron chi connectivity index (χ4n) is 3.02. The fourth-order valence-corrected chi connectivity index (χ4v) is 3.02. The summed E-state index contributed by atoms with van der Waals surface area (Å²) in [6.45, 7) is 5.77. The second kappa shape index (κ2) is 8.41. The first-order valence-electron chi connectivity index (χ1n) is 9.40. The number of carbonyl (C=O) groups excluding carboxylic acids is 2. The minimum Gasteiger partial charge on any atom is -0.487 e. The zero-order chi connectivity index (χ0) is 21.9. The molecule has 0 fully saturated rings. The third-order valence-corrected chi connectivity index (χ3v) is 4.21. The molecule has 0 saturated carbocycles. The average molecular weight is 408 g/mol. The molecular formula is C23H24N2O5. The molecule has 0 bridgehead atoms. The molecule has 0 atom stereocenters. The maximum atomic E-state index is 12.8. The van der Waals surface area contributed by atoms with E-state index in [1.807, 2.05) is 51.1 Å². The number of para-hydroxylation sites is 2. The van der Waals surface area contributed by atoms with Gasteiger partial charge in [0.1, 0.15) is 22.6 Å². The van der Waals surface area contributed by atoms with Crippen molar-refractivity contribution in [2.45, 2.75) is 26.4 Å². The van der Waals surface area contributed by atoms with Crippen LogP contribution in [-0.4, -0.2) is 41.5 Å². The van der Waals surface area contributed by atoms with Gasteiger partial charge in [-0.05, 0) is 45.0 Å². The molecule has 0 N–H and O–H groups in total. The molecule has 156 valence electrons. The van der Waals surface area contributed by atoms with Gasteiger partial charge in [0.05, 0.1) is 19.9 Å². The van der Waals surface area contributed by atoms with E-state index < -0.39 is 17.5 Å². The minimum atomic E-state index is -0.702. The van der Waals surface area contributed by atoms with Gasteiger partial charge in [0, 0.05) is 5.56 Å². The lowest BCUT2D eigenvalue weighted by Gasteiger charge is -2.23. The van der Waals surface area contributed by atoms with Crippen molar-refractivity contribution in [3.05, 3.63) is 65.9 Å². The Balaban J connectivity index is 2.35. The Morgan fingerprint density at radius 1 is 0.867 bits per heavy atom. The van der Waals surface area contributed by atoms with Crippen LogP contribution in [0.25, 0.3) is 16.9 Å². The number of benzene rings is 2. The number of methoxy groups -OCH3 is 2. The summed E-state index contributed by atoms with van der Waals surface area (Å²) in [5, 5.41) is 4.61. The third kappa shape index (κ3) is 4.20. The molecule has 0 aliphatic carbocycles. The fraction of sp³-hybridized carbons (Fsp3) is 0.261. The quantitative estimate of drug-likeness (QED) is 0.586. The Labute approximate surface area is 175 Å². The summed E-state index contributed by atoms with van der Waals surface area (Å²) in [4.78, 5) is 25.5. The van der Waals surface area contributed by atoms with Crippen LogP contribution in [0.1, 0.15) is 41.6 Å². The van der Waals surface area contributed by atoms with Gasteiger partial charge >= 0.3 is 11.9 Å². The van der Waals surface area contributed by atoms with Crippen molar-refractivity contribution in [2.75, 3.05) is 14.2 Å². The molecule has 0 spiro atoms. The Bertz CT molecular complexity index is 1060. The number of rotatable bonds is 5. The van der Waals surface area contributed by atoms with Crippen LogP contribution >= 0.6 is 0 Å². The third-order valence-electron chi connectivity index (χ3n) is 4.21. The van der Waals surface area contributed by atoms with E-state index in [4.69, 9.17) is 14.2 Å². The molecule has 0 amide bonds. The highest BCUT2D eigenvalue weighted by atomic mass is 16.5. The largest absolute Gasteiger partial charge is 0.487 e. The Morgan fingerprint density at radius 2 is 1.47 bits per heavy atom. The first-order chi connectivity index (χ1) is 14.3. The summed E-state index contributed by atoms with van der Waals surface area (Å²) in [7, 11) is 2.51. The molecule has 1 heterocycles. The molecule has 30 heavy (non-hydrogen) atoms. The Morgan fingerprint density at radius 3 is 2.07 bits per heavy atom. The van der Waals surface area contributed by atoms with Crippen LogP contribution in [0.2, 0.25) is 0 Å². The number of ether oxygens (including phenoxy) is 3. The van der Waals surface area contributed by atoms with Crippen molar-refractivity contribution >= 4 is 11.9 Å². The molecular weight excluding hydrogens is 384 g/mol. The van der Waals surface area contributed by atoms with Crippen LogP contribution in [-0.2, 0) is 9.47 Å². The monoisotopic (exact) mass is 408 g/mol. The summed E-state index contributed by atoms with van der Waals surface area (Å²) >= 11 is 0. The van der Waals surface area contributed by atoms with Crippen molar-refractivity contribution in [1.29, 1.82) is 0 Å². The number of hydrogen-bond acceptors (Lipinski definition) is 6. The van der Waals surface area contributed by atoms with E-state index in [1.165, 1.54) is 18.9 Å². The maximum absolute atomic E-state index is 12.8. The Hall–Kier alpha value is -3.61. The van der Waals surface area contributed by atoms with E-state index in [0.29, 0.717) is 17.0 Å². The predicted molar refractivity (Wildman–Crippen MR) is 112 cm³/mol. The standard InChI is InChI=1S/C23H24N2O5/c1-23(2,3)30-17-14-10-9-13-16(17)19-18(21(26)28-4)20(22(27)29-5)25(24-19)15-11-7-6-8-12-15/h6-14H,1-5H3. The van der Waals surface area contributed by atoms with Crippen LogP contribution in [0, 0.1) is 0 Å². The minimum absolute atomic E-state index is 0.0122. The van der Waals surface area contributed by atoms with Crippen LogP contribution in [0.5, 0.6) is 5.75 Å². The lowest BCUT2D eigenvalue weighted by molar-refractivity contribution is 0.0549. The van der Waals surface area contributed by atoms with Gasteiger partial charge in [-0.2, -0.15) is 5.10 Å². The average Bonchev–Trinajstić information content (AvgIpc) is 3.13. The van der Waals surface area contributed by atoms with E-state index in [2.05, 4.69) is 5.10 Å². The van der Waals surface area contributed by atoms with Crippen LogP contribution in [0.4, 0.5) is 0 Å². The van der Waals surface area contributed by atoms with Gasteiger partial charge in [-0.3, -0.25) is 0 Å². The molecule has 3 aromatic rings. The summed E-state index contributed by atoms with van der Waals surface area (Å²) in [6.07, 6.45) is 0. The highest BCUT2D eigenvalue weighted by Crippen LogP contribution is 2.36. The topological polar surface area (TPSA) is 79.7 Å². The van der Waals surface area contributed by atoms with Gasteiger partial charge in [0.25, 0.3) is 0 Å². The molecule has 2 aromatic carbocycles. The van der Waals surface area contributed by atoms with E-state index in [9.17, 15) is 9.59 Å². The van der Waals surface area contributed by atoms with Crippen LogP contribution in [0.15, 0.2) is 54.6 Å². The summed E-state index contributed by atoms with van der Waals surface area (Å²) < 4.78 is 17.4. The Kier molecular flexibility index (Phi) is 5.91. The van der Waals surface area contributed by atoms with E-state index in [1.54, 1.807) is 24.3 Å². The van der Waals surface area contributed by atoms with Gasteiger partial charge in [-0.25, -0.2) is 14.3 Å². The smallest absolute Gasteiger partial charge is 0.357 e. The van der Waals surface area contributed by atoms with Gasteiger partial charge in [0.2, 0.25) is 0 Å². The van der Waals surface area contributed by atoms with Crippen molar-refractivity contribution in [2.24, 2.45) is 0 Å². The van der Waals surface area contributed by atoms with Crippen LogP contribution in [0.3, 0.4) is 0 Å². The normalized spacial score (nSPS) is 11.1. The van der Waals surface area contributed by atoms with E-state index in [-0.39, 0.29) is 17.0 Å². The van der Waals surface area contributed by atoms with Gasteiger partial charge in [-0.15, -0.1) is 0 Å². The van der Waals surface area contributed by atoms with E-state index >= 15 is 0 Å². The SMILES string of the molecule is COC(=O)c1c(-c2ccccc2OC(C)(C)C)nn(-c2ccccc2)c1C(=O)OC. The van der Waals surface area contributed by atoms with Crippen LogP contribution < -0.4 is 4.74 Å². The van der Waals surface area contributed by atoms with Crippen molar-refractivity contribution in [3.8, 4) is 22.7 Å². The number of nitrogens with zero attached hydrogens (tertiary/aromatic N) is 2. The maximum Gasteiger partial charge on any atom is 0.357 e. The van der Waals surface area contributed by atoms with Gasteiger partial charge in [-0.1, -0.05) is 30.3 Å². The lowest BCUT2D eigenvalue weighted by Crippen LogP contribution is -2.23. The van der Waals surface area contributed by atoms with Crippen molar-refractivity contribution in [3.63, 3.8) is 0 Å². The molecule has 7 heteroatoms. The zero-order valence-electron chi connectivity index (χ0n) is 17.6. The second-order valence-corrected chi connectivity index (χ2v) is 7.51. The number of hydrogen-bond donors (Lipinski definition) is 0. The first kappa shape index (κ1) is 21.1. The van der Waals surface area contributed by atoms with Gasteiger partial charge in [0.15, 0.2) is 5.69 Å². The zero-order valence-corrected chi connectivity index (χ0v) is 17.6. The molecule has 0 saturated heterocycles. The van der Waals surface area contributed by atoms with Crippen molar-refractivity contribution in [1.82, 2.24) is 9.78 Å². The number of aromatic nitrogens is 2. The highest BCUT2D eigenvalue weighted by molar-refractivity contribution is 6.07. The lowest BCUT2D eigenvalue weighted by atomic mass is 10.0. The first-order valence-corrected chi connectivity index (χ1v) is 9.40. The van der Waals surface area contributed by atoms with Crippen molar-refractivity contribution < 1.29 is 23.8 Å². The molecule has 0 aliphatic rings. The second-order valence-electron chi connectivity index (χ2n) is 7.51. The summed E-state index contributed by atoms with van der Waals surface area (Å²) in [6, 6.07) is 16.2. The summed E-state index contributed by atoms with van der Waals surface area (Å²) in [5.41, 5.74) is 0.950. The molecule has 7 nitrogen and oxygen atoms in total. The summed E-state index contributed by atoms with van der Waals surface area (Å²) in [5.74, 6) is -0.866. The molecule has 1 aromatic heterocycles. The number of esters is 2. The molecule has 0 unspecified atom stereocenters. The van der Waals surface area contributed by atoms with E-state index in [0.717, 1.165) is 0 Å². The number of carbonyl (C=O) groups is 2. The molecule has 0 aliphatic heterocycles. The predicted octanol–water partition coefficient (Wildman–Crippen LogP) is 4.29.